The maximum atomic E-state index is 12.6. The summed E-state index contributed by atoms with van der Waals surface area (Å²) in [6, 6.07) is 19.2. The molecule has 0 saturated heterocycles. The Morgan fingerprint density at radius 1 is 1.00 bits per heavy atom. The molecule has 0 aromatic heterocycles. The van der Waals surface area contributed by atoms with Crippen molar-refractivity contribution in [1.82, 2.24) is 0 Å². The zero-order chi connectivity index (χ0) is 20.4. The molecule has 1 aliphatic rings. The average Bonchev–Trinajstić information content (AvgIpc) is 3.03. The van der Waals surface area contributed by atoms with E-state index >= 15 is 0 Å². The van der Waals surface area contributed by atoms with Gasteiger partial charge < -0.3 is 14.2 Å². The summed E-state index contributed by atoms with van der Waals surface area (Å²) in [6.45, 7) is 1.94. The van der Waals surface area contributed by atoms with Gasteiger partial charge in [0.1, 0.15) is 17.2 Å². The molecule has 0 fully saturated rings. The number of ketones is 1. The van der Waals surface area contributed by atoms with Crippen molar-refractivity contribution in [1.29, 1.82) is 0 Å². The van der Waals surface area contributed by atoms with Crippen molar-refractivity contribution in [3.05, 3.63) is 94.7 Å². The molecule has 0 N–H and O–H groups in total. The number of Topliss-reactive ketones (excluding diaryl/α,β-unsaturated/α-hetero) is 1. The zero-order valence-corrected chi connectivity index (χ0v) is 16.0. The Kier molecular flexibility index (Phi) is 4.87. The van der Waals surface area contributed by atoms with Crippen LogP contribution >= 0.6 is 0 Å². The quantitative estimate of drug-likeness (QED) is 0.365. The predicted octanol–water partition coefficient (Wildman–Crippen LogP) is 4.84. The van der Waals surface area contributed by atoms with Crippen molar-refractivity contribution in [3.63, 3.8) is 0 Å². The van der Waals surface area contributed by atoms with Crippen LogP contribution in [0, 0.1) is 6.92 Å². The van der Waals surface area contributed by atoms with Crippen LogP contribution in [0.5, 0.6) is 17.2 Å². The molecule has 0 amide bonds. The highest BCUT2D eigenvalue weighted by Crippen LogP contribution is 2.35. The van der Waals surface area contributed by atoms with Gasteiger partial charge in [0.05, 0.1) is 18.2 Å². The molecule has 0 saturated carbocycles. The van der Waals surface area contributed by atoms with Gasteiger partial charge in [-0.1, -0.05) is 35.9 Å². The van der Waals surface area contributed by atoms with Gasteiger partial charge in [0.15, 0.2) is 5.76 Å². The van der Waals surface area contributed by atoms with Crippen LogP contribution < -0.4 is 14.2 Å². The lowest BCUT2D eigenvalue weighted by Crippen LogP contribution is -2.08. The fraction of sp³-hybridized carbons (Fsp3) is 0.0833. The van der Waals surface area contributed by atoms with Crippen molar-refractivity contribution >= 4 is 17.8 Å². The summed E-state index contributed by atoms with van der Waals surface area (Å²) >= 11 is 0. The summed E-state index contributed by atoms with van der Waals surface area (Å²) in [7, 11) is 1.57. The summed E-state index contributed by atoms with van der Waals surface area (Å²) in [5, 5.41) is 0. The normalized spacial score (nSPS) is 13.7. The summed E-state index contributed by atoms with van der Waals surface area (Å²) in [5.74, 6) is 0.777. The van der Waals surface area contributed by atoms with E-state index in [1.165, 1.54) is 0 Å². The van der Waals surface area contributed by atoms with Gasteiger partial charge in [-0.3, -0.25) is 4.79 Å². The van der Waals surface area contributed by atoms with Gasteiger partial charge in [-0.05, 0) is 43.3 Å². The molecule has 3 aromatic carbocycles. The van der Waals surface area contributed by atoms with Crippen LogP contribution in [0.4, 0.5) is 0 Å². The molecule has 29 heavy (non-hydrogen) atoms. The molecule has 0 atom stereocenters. The number of para-hydroxylation sites is 1. The molecule has 144 valence electrons. The number of hydrogen-bond acceptors (Lipinski definition) is 5. The number of fused-ring (bicyclic) bond motifs is 1. The number of rotatable bonds is 4. The first-order valence-electron chi connectivity index (χ1n) is 9.05. The van der Waals surface area contributed by atoms with E-state index in [4.69, 9.17) is 14.2 Å². The highest BCUT2D eigenvalue weighted by atomic mass is 16.5. The van der Waals surface area contributed by atoms with Crippen LogP contribution in [0.2, 0.25) is 0 Å². The molecule has 0 aliphatic carbocycles. The number of methoxy groups -OCH3 is 1. The number of aryl methyl sites for hydroxylation is 1. The van der Waals surface area contributed by atoms with E-state index in [2.05, 4.69) is 0 Å². The minimum atomic E-state index is -0.473. The third-order valence-electron chi connectivity index (χ3n) is 4.56. The maximum absolute atomic E-state index is 12.6. The smallest absolute Gasteiger partial charge is 0.343 e. The van der Waals surface area contributed by atoms with E-state index < -0.39 is 5.97 Å². The third kappa shape index (κ3) is 3.75. The molecule has 0 spiro atoms. The van der Waals surface area contributed by atoms with Crippen LogP contribution in [-0.2, 0) is 0 Å². The average molecular weight is 386 g/mol. The molecule has 3 aromatic rings. The van der Waals surface area contributed by atoms with Gasteiger partial charge in [-0.15, -0.1) is 0 Å². The summed E-state index contributed by atoms with van der Waals surface area (Å²) < 4.78 is 16.5. The molecule has 1 aliphatic heterocycles. The lowest BCUT2D eigenvalue weighted by atomic mass is 10.1. The molecular weight excluding hydrogens is 368 g/mol. The molecule has 0 unspecified atom stereocenters. The van der Waals surface area contributed by atoms with Crippen molar-refractivity contribution in [3.8, 4) is 17.2 Å². The largest absolute Gasteiger partial charge is 0.496 e. The summed E-state index contributed by atoms with van der Waals surface area (Å²) in [5.41, 5.74) is 2.66. The standard InChI is InChI=1S/C24H18O5/c1-15-7-9-16(10-8-15)24(26)28-18-11-12-19-21(14-18)29-22(23(19)25)13-17-5-3-4-6-20(17)27-2/h3-14H,1-2H3/b22-13-. The predicted molar refractivity (Wildman–Crippen MR) is 109 cm³/mol. The Morgan fingerprint density at radius 3 is 2.52 bits per heavy atom. The topological polar surface area (TPSA) is 61.8 Å². The van der Waals surface area contributed by atoms with Gasteiger partial charge in [0, 0.05) is 11.6 Å². The van der Waals surface area contributed by atoms with Gasteiger partial charge >= 0.3 is 5.97 Å². The number of carbonyl (C=O) groups is 2. The van der Waals surface area contributed by atoms with E-state index in [1.54, 1.807) is 43.5 Å². The highest BCUT2D eigenvalue weighted by molar-refractivity contribution is 6.14. The Balaban J connectivity index is 1.56. The lowest BCUT2D eigenvalue weighted by molar-refractivity contribution is 0.0734. The summed E-state index contributed by atoms with van der Waals surface area (Å²) in [4.78, 5) is 25.0. The Bertz CT molecular complexity index is 1130. The Morgan fingerprint density at radius 2 is 1.76 bits per heavy atom. The maximum Gasteiger partial charge on any atom is 0.343 e. The second-order valence-electron chi connectivity index (χ2n) is 6.60. The minimum Gasteiger partial charge on any atom is -0.496 e. The van der Waals surface area contributed by atoms with E-state index in [1.807, 2.05) is 43.3 Å². The molecule has 5 nitrogen and oxygen atoms in total. The third-order valence-corrected chi connectivity index (χ3v) is 4.56. The zero-order valence-electron chi connectivity index (χ0n) is 16.0. The number of allylic oxidation sites excluding steroid dienone is 1. The first-order chi connectivity index (χ1) is 14.0. The van der Waals surface area contributed by atoms with Gasteiger partial charge in [-0.2, -0.15) is 0 Å². The molecule has 0 bridgehead atoms. The lowest BCUT2D eigenvalue weighted by Gasteiger charge is -2.06. The van der Waals surface area contributed by atoms with E-state index in [-0.39, 0.29) is 11.5 Å². The number of benzene rings is 3. The van der Waals surface area contributed by atoms with Crippen molar-refractivity contribution < 1.29 is 23.8 Å². The van der Waals surface area contributed by atoms with Crippen LogP contribution in [0.1, 0.15) is 31.8 Å². The Labute approximate surface area is 168 Å². The van der Waals surface area contributed by atoms with Crippen LogP contribution in [0.15, 0.2) is 72.5 Å². The molecule has 4 rings (SSSR count). The van der Waals surface area contributed by atoms with Gasteiger partial charge in [0.2, 0.25) is 5.78 Å². The molecule has 0 radical (unpaired) electrons. The number of ether oxygens (including phenoxy) is 3. The minimum absolute atomic E-state index is 0.187. The van der Waals surface area contributed by atoms with Crippen molar-refractivity contribution in [2.75, 3.05) is 7.11 Å². The van der Waals surface area contributed by atoms with Crippen molar-refractivity contribution in [2.24, 2.45) is 0 Å². The SMILES string of the molecule is COc1ccccc1/C=C1\Oc2cc(OC(=O)c3ccc(C)cc3)ccc2C1=O. The van der Waals surface area contributed by atoms with Gasteiger partial charge in [-0.25, -0.2) is 4.79 Å². The highest BCUT2D eigenvalue weighted by Gasteiger charge is 2.28. The van der Waals surface area contributed by atoms with E-state index in [0.29, 0.717) is 28.4 Å². The second kappa shape index (κ2) is 7.64. The van der Waals surface area contributed by atoms with E-state index in [9.17, 15) is 9.59 Å². The fourth-order valence-corrected chi connectivity index (χ4v) is 3.01. The van der Waals surface area contributed by atoms with Crippen LogP contribution in [0.3, 0.4) is 0 Å². The second-order valence-corrected chi connectivity index (χ2v) is 6.60. The first-order valence-corrected chi connectivity index (χ1v) is 9.05. The number of hydrogen-bond donors (Lipinski definition) is 0. The van der Waals surface area contributed by atoms with E-state index in [0.717, 1.165) is 11.1 Å². The van der Waals surface area contributed by atoms with Gasteiger partial charge in [0.25, 0.3) is 0 Å². The first kappa shape index (κ1) is 18.5. The monoisotopic (exact) mass is 386 g/mol. The van der Waals surface area contributed by atoms with Crippen LogP contribution in [-0.4, -0.2) is 18.9 Å². The molecule has 1 heterocycles. The number of carbonyl (C=O) groups excluding carboxylic acids is 2. The Hall–Kier alpha value is -3.86. The fourth-order valence-electron chi connectivity index (χ4n) is 3.01. The van der Waals surface area contributed by atoms with Crippen LogP contribution in [0.25, 0.3) is 6.08 Å². The summed E-state index contributed by atoms with van der Waals surface area (Å²) in [6.07, 6.45) is 1.64. The molecule has 5 heteroatoms. The van der Waals surface area contributed by atoms with Crippen molar-refractivity contribution in [2.45, 2.75) is 6.92 Å². The molecular formula is C24H18O5. The number of esters is 1.